The van der Waals surface area contributed by atoms with Crippen molar-refractivity contribution in [3.63, 3.8) is 0 Å². The molecule has 7 heteroatoms. The van der Waals surface area contributed by atoms with E-state index in [1.165, 1.54) is 12.7 Å². The molecule has 1 aromatic heterocycles. The lowest BCUT2D eigenvalue weighted by molar-refractivity contribution is -0.264. The van der Waals surface area contributed by atoms with Crippen LogP contribution in [0.5, 0.6) is 5.75 Å². The lowest BCUT2D eigenvalue weighted by Gasteiger charge is -2.35. The minimum Gasteiger partial charge on any atom is -0.487 e. The standard InChI is InChI=1S/C25H27NO6/c1-16-5-7-19(8-6-16)23-26-22(17(2)32-23)15-29-21-11-9-18(10-12-21)20-13-30-25(3,31-14-20)24(27)28-4/h5-12,20H,13-15H2,1-4H3. The number of aromatic nitrogens is 1. The topological polar surface area (TPSA) is 80.0 Å². The van der Waals surface area contributed by atoms with E-state index in [1.807, 2.05) is 62.4 Å². The Balaban J connectivity index is 1.35. The van der Waals surface area contributed by atoms with Crippen LogP contribution in [0.15, 0.2) is 52.9 Å². The highest BCUT2D eigenvalue weighted by Gasteiger charge is 2.41. The quantitative estimate of drug-likeness (QED) is 0.523. The molecular weight excluding hydrogens is 410 g/mol. The van der Waals surface area contributed by atoms with Gasteiger partial charge in [0, 0.05) is 18.4 Å². The molecule has 1 aliphatic heterocycles. The van der Waals surface area contributed by atoms with E-state index in [2.05, 4.69) is 4.98 Å². The summed E-state index contributed by atoms with van der Waals surface area (Å²) in [6.07, 6.45) is 0. The zero-order valence-electron chi connectivity index (χ0n) is 18.7. The maximum absolute atomic E-state index is 11.8. The van der Waals surface area contributed by atoms with Crippen molar-refractivity contribution in [3.05, 3.63) is 71.1 Å². The number of hydrogen-bond acceptors (Lipinski definition) is 7. The molecule has 4 rings (SSSR count). The third-order valence-electron chi connectivity index (χ3n) is 5.59. The third-order valence-corrected chi connectivity index (χ3v) is 5.59. The van der Waals surface area contributed by atoms with Crippen molar-refractivity contribution in [2.24, 2.45) is 0 Å². The van der Waals surface area contributed by atoms with Gasteiger partial charge < -0.3 is 23.4 Å². The predicted octanol–water partition coefficient (Wildman–Crippen LogP) is 4.56. The molecule has 0 spiro atoms. The number of benzene rings is 2. The summed E-state index contributed by atoms with van der Waals surface area (Å²) in [6, 6.07) is 15.8. The third kappa shape index (κ3) is 4.69. The van der Waals surface area contributed by atoms with E-state index < -0.39 is 11.8 Å². The van der Waals surface area contributed by atoms with E-state index in [0.717, 1.165) is 28.3 Å². The van der Waals surface area contributed by atoms with Crippen molar-refractivity contribution in [2.75, 3.05) is 20.3 Å². The van der Waals surface area contributed by atoms with Crippen LogP contribution in [-0.2, 0) is 25.6 Å². The molecule has 7 nitrogen and oxygen atoms in total. The summed E-state index contributed by atoms with van der Waals surface area (Å²) < 4.78 is 27.7. The van der Waals surface area contributed by atoms with Gasteiger partial charge in [0.25, 0.3) is 5.79 Å². The van der Waals surface area contributed by atoms with Crippen molar-refractivity contribution >= 4 is 5.97 Å². The summed E-state index contributed by atoms with van der Waals surface area (Å²) in [5.74, 6) is 0.200. The Morgan fingerprint density at radius 3 is 2.34 bits per heavy atom. The summed E-state index contributed by atoms with van der Waals surface area (Å²) in [6.45, 7) is 6.55. The number of hydrogen-bond donors (Lipinski definition) is 0. The first-order valence-electron chi connectivity index (χ1n) is 10.5. The van der Waals surface area contributed by atoms with Crippen LogP contribution in [0.4, 0.5) is 0 Å². The molecular formula is C25H27NO6. The molecule has 0 saturated carbocycles. The van der Waals surface area contributed by atoms with Crippen LogP contribution in [-0.4, -0.2) is 37.1 Å². The Bertz CT molecular complexity index is 1060. The van der Waals surface area contributed by atoms with Crippen molar-refractivity contribution in [3.8, 4) is 17.2 Å². The van der Waals surface area contributed by atoms with Crippen LogP contribution < -0.4 is 4.74 Å². The number of ether oxygens (including phenoxy) is 4. The number of nitrogens with zero attached hydrogens (tertiary/aromatic N) is 1. The van der Waals surface area contributed by atoms with E-state index in [-0.39, 0.29) is 5.92 Å². The lowest BCUT2D eigenvalue weighted by Crippen LogP contribution is -2.47. The minimum absolute atomic E-state index is 0.0247. The monoisotopic (exact) mass is 437 g/mol. The SMILES string of the molecule is COC(=O)C1(C)OCC(c2ccc(OCc3nc(-c4ccc(C)cc4)oc3C)cc2)CO1. The molecule has 1 saturated heterocycles. The molecule has 1 aliphatic rings. The van der Waals surface area contributed by atoms with Gasteiger partial charge in [0.2, 0.25) is 5.89 Å². The van der Waals surface area contributed by atoms with Crippen LogP contribution in [0.25, 0.3) is 11.5 Å². The Labute approximate surface area is 187 Å². The molecule has 168 valence electrons. The average molecular weight is 437 g/mol. The Morgan fingerprint density at radius 2 is 1.72 bits per heavy atom. The van der Waals surface area contributed by atoms with E-state index in [0.29, 0.717) is 25.7 Å². The van der Waals surface area contributed by atoms with Crippen molar-refractivity contribution < 1.29 is 28.2 Å². The average Bonchev–Trinajstić information content (AvgIpc) is 3.19. The molecule has 0 amide bonds. The first-order chi connectivity index (χ1) is 15.4. The molecule has 0 aliphatic carbocycles. The molecule has 2 heterocycles. The lowest BCUT2D eigenvalue weighted by atomic mass is 9.99. The van der Waals surface area contributed by atoms with Crippen molar-refractivity contribution in [2.45, 2.75) is 39.1 Å². The minimum atomic E-state index is -1.35. The number of aryl methyl sites for hydroxylation is 2. The zero-order chi connectivity index (χ0) is 22.7. The first kappa shape index (κ1) is 22.0. The number of oxazole rings is 1. The van der Waals surface area contributed by atoms with Gasteiger partial charge in [-0.25, -0.2) is 9.78 Å². The Hall–Kier alpha value is -3.16. The van der Waals surface area contributed by atoms with Crippen LogP contribution in [0.2, 0.25) is 0 Å². The molecule has 0 atom stereocenters. The van der Waals surface area contributed by atoms with Gasteiger partial charge in [-0.15, -0.1) is 0 Å². The fourth-order valence-corrected chi connectivity index (χ4v) is 3.47. The van der Waals surface area contributed by atoms with Crippen LogP contribution in [0.1, 0.15) is 35.4 Å². The predicted molar refractivity (Wildman–Crippen MR) is 117 cm³/mol. The second-order valence-corrected chi connectivity index (χ2v) is 8.00. The molecule has 0 radical (unpaired) electrons. The normalized spacial score (nSPS) is 20.7. The molecule has 2 aromatic carbocycles. The number of rotatable bonds is 6. The van der Waals surface area contributed by atoms with Gasteiger partial charge in [0.1, 0.15) is 23.8 Å². The number of carbonyl (C=O) groups is 1. The van der Waals surface area contributed by atoms with Crippen LogP contribution in [0.3, 0.4) is 0 Å². The highest BCUT2D eigenvalue weighted by molar-refractivity contribution is 5.77. The van der Waals surface area contributed by atoms with Crippen LogP contribution >= 0.6 is 0 Å². The summed E-state index contributed by atoms with van der Waals surface area (Å²) in [7, 11) is 1.31. The fourth-order valence-electron chi connectivity index (χ4n) is 3.47. The summed E-state index contributed by atoms with van der Waals surface area (Å²) >= 11 is 0. The second kappa shape index (κ2) is 9.14. The molecule has 3 aromatic rings. The summed E-state index contributed by atoms with van der Waals surface area (Å²) in [4.78, 5) is 16.4. The van der Waals surface area contributed by atoms with E-state index >= 15 is 0 Å². The first-order valence-corrected chi connectivity index (χ1v) is 10.5. The molecule has 32 heavy (non-hydrogen) atoms. The zero-order valence-corrected chi connectivity index (χ0v) is 18.7. The maximum Gasteiger partial charge on any atom is 0.366 e. The van der Waals surface area contributed by atoms with Crippen molar-refractivity contribution in [1.29, 1.82) is 0 Å². The van der Waals surface area contributed by atoms with E-state index in [4.69, 9.17) is 23.4 Å². The molecule has 1 fully saturated rings. The number of carbonyl (C=O) groups excluding carboxylic acids is 1. The highest BCUT2D eigenvalue weighted by Crippen LogP contribution is 2.30. The maximum atomic E-state index is 11.8. The number of esters is 1. The van der Waals surface area contributed by atoms with Gasteiger partial charge in [0.15, 0.2) is 0 Å². The van der Waals surface area contributed by atoms with Gasteiger partial charge in [-0.05, 0) is 43.7 Å². The fraction of sp³-hybridized carbons (Fsp3) is 0.360. The van der Waals surface area contributed by atoms with Gasteiger partial charge >= 0.3 is 5.97 Å². The largest absolute Gasteiger partial charge is 0.487 e. The molecule has 0 bridgehead atoms. The Kier molecular flexibility index (Phi) is 6.30. The van der Waals surface area contributed by atoms with Crippen LogP contribution in [0, 0.1) is 13.8 Å². The van der Waals surface area contributed by atoms with E-state index in [9.17, 15) is 4.79 Å². The summed E-state index contributed by atoms with van der Waals surface area (Å²) in [5, 5.41) is 0. The van der Waals surface area contributed by atoms with Gasteiger partial charge in [-0.2, -0.15) is 0 Å². The smallest absolute Gasteiger partial charge is 0.366 e. The second-order valence-electron chi connectivity index (χ2n) is 8.00. The summed E-state index contributed by atoms with van der Waals surface area (Å²) in [5.41, 5.74) is 3.94. The van der Waals surface area contributed by atoms with E-state index in [1.54, 1.807) is 6.92 Å². The number of methoxy groups -OCH3 is 1. The van der Waals surface area contributed by atoms with Gasteiger partial charge in [-0.1, -0.05) is 29.8 Å². The van der Waals surface area contributed by atoms with Gasteiger partial charge in [0.05, 0.1) is 20.3 Å². The van der Waals surface area contributed by atoms with Gasteiger partial charge in [-0.3, -0.25) is 0 Å². The van der Waals surface area contributed by atoms with Crippen molar-refractivity contribution in [1.82, 2.24) is 4.98 Å². The highest BCUT2D eigenvalue weighted by atomic mass is 16.7. The molecule has 0 unspecified atom stereocenters. The molecule has 0 N–H and O–H groups in total. The Morgan fingerprint density at radius 1 is 1.06 bits per heavy atom.